The van der Waals surface area contributed by atoms with E-state index in [0.717, 1.165) is 24.8 Å². The molecule has 2 aliphatic heterocycles. The highest BCUT2D eigenvalue weighted by molar-refractivity contribution is 5.94. The van der Waals surface area contributed by atoms with Gasteiger partial charge in [-0.1, -0.05) is 38.1 Å². The Morgan fingerprint density at radius 1 is 1.15 bits per heavy atom. The van der Waals surface area contributed by atoms with Gasteiger partial charge in [0.25, 0.3) is 0 Å². The zero-order valence-corrected chi connectivity index (χ0v) is 20.0. The molecule has 2 fully saturated rings. The molecular weight excluding hydrogens is 420 g/mol. The van der Waals surface area contributed by atoms with Crippen LogP contribution in [-0.2, 0) is 25.5 Å². The summed E-state index contributed by atoms with van der Waals surface area (Å²) in [6, 6.07) is 6.38. The summed E-state index contributed by atoms with van der Waals surface area (Å²) < 4.78 is 6.02. The molecule has 8 nitrogen and oxygen atoms in total. The maximum atomic E-state index is 13.7. The van der Waals surface area contributed by atoms with Gasteiger partial charge in [-0.15, -0.1) is 0 Å². The molecule has 1 aliphatic carbocycles. The maximum absolute atomic E-state index is 13.7. The van der Waals surface area contributed by atoms with Gasteiger partial charge in [-0.3, -0.25) is 14.4 Å². The van der Waals surface area contributed by atoms with Crippen molar-refractivity contribution in [1.29, 1.82) is 0 Å². The lowest BCUT2D eigenvalue weighted by molar-refractivity contribution is -0.150. The monoisotopic (exact) mass is 456 g/mol. The fourth-order valence-electron chi connectivity index (χ4n) is 5.43. The molecular formula is C25H36N4O4. The molecule has 3 amide bonds. The van der Waals surface area contributed by atoms with Crippen molar-refractivity contribution in [3.63, 3.8) is 0 Å². The van der Waals surface area contributed by atoms with Crippen LogP contribution >= 0.6 is 0 Å². The van der Waals surface area contributed by atoms with Gasteiger partial charge in [-0.2, -0.15) is 0 Å². The molecule has 3 aliphatic rings. The Balaban J connectivity index is 1.56. The molecule has 2 heterocycles. The Morgan fingerprint density at radius 2 is 1.91 bits per heavy atom. The van der Waals surface area contributed by atoms with Crippen molar-refractivity contribution in [2.45, 2.75) is 83.3 Å². The molecule has 180 valence electrons. The third-order valence-corrected chi connectivity index (χ3v) is 7.38. The van der Waals surface area contributed by atoms with Crippen molar-refractivity contribution in [1.82, 2.24) is 20.9 Å². The van der Waals surface area contributed by atoms with Crippen molar-refractivity contribution in [3.8, 4) is 0 Å². The quantitative estimate of drug-likeness (QED) is 0.626. The number of benzene rings is 1. The number of ether oxygens (including phenoxy) is 1. The van der Waals surface area contributed by atoms with Gasteiger partial charge in [0.1, 0.15) is 18.3 Å². The van der Waals surface area contributed by atoms with E-state index in [1.54, 1.807) is 18.9 Å². The first-order chi connectivity index (χ1) is 15.7. The van der Waals surface area contributed by atoms with Gasteiger partial charge in [0.2, 0.25) is 17.7 Å². The van der Waals surface area contributed by atoms with Crippen LogP contribution in [0.4, 0.5) is 0 Å². The van der Waals surface area contributed by atoms with E-state index in [-0.39, 0.29) is 23.8 Å². The zero-order valence-electron chi connectivity index (χ0n) is 20.0. The van der Waals surface area contributed by atoms with E-state index >= 15 is 0 Å². The minimum atomic E-state index is -0.710. The smallest absolute Gasteiger partial charge is 0.247 e. The molecule has 5 atom stereocenters. The number of hydrogen-bond acceptors (Lipinski definition) is 5. The molecule has 3 N–H and O–H groups in total. The first-order valence-electron chi connectivity index (χ1n) is 12.0. The number of carbonyl (C=O) groups excluding carboxylic acids is 3. The number of nitrogens with one attached hydrogen (secondary N) is 3. The second kappa shape index (κ2) is 9.43. The van der Waals surface area contributed by atoms with Crippen molar-refractivity contribution in [3.05, 3.63) is 35.4 Å². The van der Waals surface area contributed by atoms with Crippen LogP contribution in [0.1, 0.15) is 63.6 Å². The summed E-state index contributed by atoms with van der Waals surface area (Å²) in [6.07, 6.45) is 3.41. The number of rotatable bonds is 5. The van der Waals surface area contributed by atoms with Crippen LogP contribution in [0.25, 0.3) is 0 Å². The molecule has 1 unspecified atom stereocenters. The van der Waals surface area contributed by atoms with Crippen molar-refractivity contribution in [2.24, 2.45) is 5.41 Å². The lowest BCUT2D eigenvalue weighted by Gasteiger charge is -2.35. The van der Waals surface area contributed by atoms with Gasteiger partial charge in [0.05, 0.1) is 18.7 Å². The minimum Gasteiger partial charge on any atom is -0.358 e. The summed E-state index contributed by atoms with van der Waals surface area (Å²) in [4.78, 5) is 41.3. The van der Waals surface area contributed by atoms with Crippen LogP contribution in [0.15, 0.2) is 24.3 Å². The van der Waals surface area contributed by atoms with E-state index < -0.39 is 29.8 Å². The Kier molecular flexibility index (Phi) is 6.77. The summed E-state index contributed by atoms with van der Waals surface area (Å²) in [5, 5.41) is 8.99. The summed E-state index contributed by atoms with van der Waals surface area (Å²) in [7, 11) is 1.70. The Bertz CT molecular complexity index is 917. The highest BCUT2D eigenvalue weighted by Gasteiger charge is 2.55. The van der Waals surface area contributed by atoms with Crippen LogP contribution in [0.2, 0.25) is 0 Å². The Morgan fingerprint density at radius 3 is 2.67 bits per heavy atom. The van der Waals surface area contributed by atoms with Gasteiger partial charge in [-0.05, 0) is 56.2 Å². The normalized spacial score (nSPS) is 29.5. The lowest BCUT2D eigenvalue weighted by Crippen LogP contribution is -2.58. The summed E-state index contributed by atoms with van der Waals surface area (Å²) >= 11 is 0. The van der Waals surface area contributed by atoms with Crippen LogP contribution in [0.5, 0.6) is 0 Å². The highest BCUT2D eigenvalue weighted by Crippen LogP contribution is 2.43. The molecule has 0 bridgehead atoms. The SMILES string of the molecule is CN[C@@H](C)C(=O)N[C@H]1CCO[C@H]2CC(C)(C)C(C(=O)N[C@@H]3CCCc4ccccc43)N2C1=O. The number of aryl methyl sites for hydroxylation is 1. The molecule has 33 heavy (non-hydrogen) atoms. The minimum absolute atomic E-state index is 0.0627. The summed E-state index contributed by atoms with van der Waals surface area (Å²) in [6.45, 7) is 6.11. The molecule has 1 aromatic carbocycles. The first-order valence-corrected chi connectivity index (χ1v) is 12.0. The van der Waals surface area contributed by atoms with E-state index in [4.69, 9.17) is 4.74 Å². The van der Waals surface area contributed by atoms with Crippen LogP contribution < -0.4 is 16.0 Å². The van der Waals surface area contributed by atoms with Gasteiger partial charge in [0.15, 0.2) is 0 Å². The van der Waals surface area contributed by atoms with E-state index in [2.05, 4.69) is 28.1 Å². The lowest BCUT2D eigenvalue weighted by atomic mass is 9.82. The predicted octanol–water partition coefficient (Wildman–Crippen LogP) is 1.65. The largest absolute Gasteiger partial charge is 0.358 e. The van der Waals surface area contributed by atoms with E-state index in [0.29, 0.717) is 19.4 Å². The average Bonchev–Trinajstić information content (AvgIpc) is 2.99. The molecule has 4 rings (SSSR count). The number of fused-ring (bicyclic) bond motifs is 2. The average molecular weight is 457 g/mol. The van der Waals surface area contributed by atoms with Crippen molar-refractivity contribution < 1.29 is 19.1 Å². The number of amides is 3. The second-order valence-electron chi connectivity index (χ2n) is 10.2. The molecule has 8 heteroatoms. The summed E-state index contributed by atoms with van der Waals surface area (Å²) in [5.74, 6) is -0.645. The Hall–Kier alpha value is -2.45. The molecule has 0 radical (unpaired) electrons. The van der Waals surface area contributed by atoms with E-state index in [9.17, 15) is 14.4 Å². The van der Waals surface area contributed by atoms with Crippen LogP contribution in [0, 0.1) is 5.41 Å². The Labute approximate surface area is 195 Å². The molecule has 0 aromatic heterocycles. The van der Waals surface area contributed by atoms with Gasteiger partial charge in [-0.25, -0.2) is 0 Å². The van der Waals surface area contributed by atoms with E-state index in [1.807, 2.05) is 26.0 Å². The fourth-order valence-corrected chi connectivity index (χ4v) is 5.43. The second-order valence-corrected chi connectivity index (χ2v) is 10.2. The van der Waals surface area contributed by atoms with Crippen molar-refractivity contribution >= 4 is 17.7 Å². The third-order valence-electron chi connectivity index (χ3n) is 7.38. The van der Waals surface area contributed by atoms with Crippen molar-refractivity contribution in [2.75, 3.05) is 13.7 Å². The maximum Gasteiger partial charge on any atom is 0.247 e. The molecule has 0 saturated carbocycles. The molecule has 1 aromatic rings. The zero-order chi connectivity index (χ0) is 23.8. The van der Waals surface area contributed by atoms with E-state index in [1.165, 1.54) is 5.56 Å². The number of nitrogens with zero attached hydrogens (tertiary/aromatic N) is 1. The topological polar surface area (TPSA) is 99.8 Å². The third kappa shape index (κ3) is 4.64. The summed E-state index contributed by atoms with van der Waals surface area (Å²) in [5.41, 5.74) is 1.98. The standard InChI is InChI=1S/C25H36N4O4/c1-15(26-4)22(30)28-19-12-13-33-20-14-25(2,3)21(29(20)24(19)32)23(31)27-18-11-7-9-16-8-5-6-10-17(16)18/h5-6,8,10,15,18-21,26H,7,9,11-14H2,1-4H3,(H,27,31)(H,28,30)/t15-,18+,19-,20-,21?/m0/s1. The van der Waals surface area contributed by atoms with Gasteiger partial charge >= 0.3 is 0 Å². The predicted molar refractivity (Wildman–Crippen MR) is 124 cm³/mol. The first kappa shape index (κ1) is 23.7. The highest BCUT2D eigenvalue weighted by atomic mass is 16.5. The fraction of sp³-hybridized carbons (Fsp3) is 0.640. The number of carbonyl (C=O) groups is 3. The van der Waals surface area contributed by atoms with Gasteiger partial charge in [0, 0.05) is 6.42 Å². The molecule has 2 saturated heterocycles. The number of hydrogen-bond donors (Lipinski definition) is 3. The van der Waals surface area contributed by atoms with Crippen LogP contribution in [-0.4, -0.2) is 60.6 Å². The molecule has 0 spiro atoms. The van der Waals surface area contributed by atoms with Crippen LogP contribution in [0.3, 0.4) is 0 Å². The number of likely N-dealkylation sites (N-methyl/N-ethyl adjacent to an activating group) is 1. The van der Waals surface area contributed by atoms with Gasteiger partial charge < -0.3 is 25.6 Å².